The summed E-state index contributed by atoms with van der Waals surface area (Å²) in [5, 5.41) is 25.1. The number of carbonyl (C=O) groups is 1. The zero-order valence-corrected chi connectivity index (χ0v) is 24.6. The Morgan fingerprint density at radius 1 is 1.34 bits per heavy atom. The fourth-order valence-electron chi connectivity index (χ4n) is 4.26. The van der Waals surface area contributed by atoms with Crippen molar-refractivity contribution < 1.29 is 42.5 Å². The number of ether oxygens (including phenoxy) is 2. The number of benzene rings is 1. The van der Waals surface area contributed by atoms with Gasteiger partial charge in [-0.25, -0.2) is 18.9 Å². The summed E-state index contributed by atoms with van der Waals surface area (Å²) in [6, 6.07) is 5.89. The summed E-state index contributed by atoms with van der Waals surface area (Å²) in [6.07, 6.45) is -2.55. The van der Waals surface area contributed by atoms with E-state index in [1.807, 2.05) is 0 Å². The Balaban J connectivity index is 1.59. The molecule has 13 nitrogen and oxygen atoms in total. The minimum Gasteiger partial charge on any atom is -0.462 e. The first-order chi connectivity index (χ1) is 19.0. The zero-order chi connectivity index (χ0) is 30.3. The van der Waals surface area contributed by atoms with Gasteiger partial charge in [0.05, 0.1) is 18.1 Å². The molecule has 1 fully saturated rings. The maximum absolute atomic E-state index is 14.7. The number of aromatic nitrogens is 3. The molecule has 5 N–H and O–H groups in total. The Morgan fingerprint density at radius 3 is 2.63 bits per heavy atom. The van der Waals surface area contributed by atoms with Crippen LogP contribution in [0.25, 0.3) is 11.0 Å². The van der Waals surface area contributed by atoms with E-state index >= 15 is 0 Å². The van der Waals surface area contributed by atoms with Crippen molar-refractivity contribution in [3.8, 4) is 5.75 Å². The molecule has 1 saturated heterocycles. The summed E-state index contributed by atoms with van der Waals surface area (Å²) in [7, 11) is -4.40. The van der Waals surface area contributed by atoms with Crippen LogP contribution >= 0.6 is 19.3 Å². The molecule has 4 rings (SSSR count). The molecule has 0 radical (unpaired) electrons. The van der Waals surface area contributed by atoms with Crippen LogP contribution in [0.2, 0.25) is 5.02 Å². The number of anilines is 1. The third-order valence-electron chi connectivity index (χ3n) is 6.32. The highest BCUT2D eigenvalue weighted by Crippen LogP contribution is 2.48. The van der Waals surface area contributed by atoms with Gasteiger partial charge in [0.25, 0.3) is 0 Å². The average Bonchev–Trinajstić information content (AvgIpc) is 3.32. The summed E-state index contributed by atoms with van der Waals surface area (Å²) in [4.78, 5) is 20.5. The molecule has 3 heterocycles. The topological polar surface area (TPSA) is 180 Å². The number of nitrogens with two attached hydrogens (primary N) is 1. The minimum absolute atomic E-state index is 0.0258. The predicted molar refractivity (Wildman–Crippen MR) is 147 cm³/mol. The van der Waals surface area contributed by atoms with Gasteiger partial charge >= 0.3 is 13.7 Å². The molecule has 2 aromatic heterocycles. The van der Waals surface area contributed by atoms with Crippen LogP contribution in [0.5, 0.6) is 5.75 Å². The van der Waals surface area contributed by atoms with Gasteiger partial charge in [0, 0.05) is 11.2 Å². The summed E-state index contributed by atoms with van der Waals surface area (Å²) in [6.45, 7) is 6.88. The Bertz CT molecular complexity index is 1470. The highest BCUT2D eigenvalue weighted by atomic mass is 35.5. The van der Waals surface area contributed by atoms with Crippen LogP contribution in [0.15, 0.2) is 36.8 Å². The van der Waals surface area contributed by atoms with Gasteiger partial charge in [-0.15, -0.1) is 0 Å². The van der Waals surface area contributed by atoms with Crippen LogP contribution in [0.3, 0.4) is 0 Å². The first-order valence-corrected chi connectivity index (χ1v) is 14.5. The molecule has 0 saturated carbocycles. The fraction of sp³-hybridized carbons (Fsp3) is 0.480. The number of aliphatic hydroxyl groups is 2. The third kappa shape index (κ3) is 6.49. The van der Waals surface area contributed by atoms with Gasteiger partial charge in [-0.1, -0.05) is 11.6 Å². The number of carbonyl (C=O) groups excluding carboxylic acids is 1. The number of hydrogen-bond donors (Lipinski definition) is 4. The molecule has 41 heavy (non-hydrogen) atoms. The number of hydrogen-bond acceptors (Lipinski definition) is 11. The van der Waals surface area contributed by atoms with Crippen molar-refractivity contribution in [2.75, 3.05) is 12.3 Å². The van der Waals surface area contributed by atoms with E-state index in [0.29, 0.717) is 5.02 Å². The molecule has 0 aliphatic carbocycles. The second-order valence-corrected chi connectivity index (χ2v) is 12.7. The standard InChI is InChI=1S/C25H32ClFN5O8P/c1-13(2)38-23(34)24(3,4)31-41(36,40-15-8-6-14(26)7-9-15)37-11-17-19(33)25(5,35)22(39-17)32-10-16(27)18-20(28)29-12-30-21(18)32/h6-10,12-13,17,19,22,33,35H,11H2,1-5H3,(H,31,36)(H2,28,29,30)/t17?,19-,22?,25-,41?/m1/s1. The molecule has 16 heteroatoms. The van der Waals surface area contributed by atoms with Crippen molar-refractivity contribution in [1.29, 1.82) is 0 Å². The van der Waals surface area contributed by atoms with Crippen molar-refractivity contribution in [3.63, 3.8) is 0 Å². The summed E-state index contributed by atoms with van der Waals surface area (Å²) in [5.41, 5.74) is 2.28. The predicted octanol–water partition coefficient (Wildman–Crippen LogP) is 3.34. The van der Waals surface area contributed by atoms with Gasteiger partial charge in [-0.05, 0) is 58.9 Å². The Labute approximate surface area is 240 Å². The van der Waals surface area contributed by atoms with Gasteiger partial charge in [-0.2, -0.15) is 5.09 Å². The van der Waals surface area contributed by atoms with E-state index in [9.17, 15) is 24.0 Å². The van der Waals surface area contributed by atoms with E-state index in [0.717, 1.165) is 12.5 Å². The summed E-state index contributed by atoms with van der Waals surface area (Å²) in [5.74, 6) is -1.50. The second-order valence-electron chi connectivity index (χ2n) is 10.6. The smallest absolute Gasteiger partial charge is 0.459 e. The number of nitrogens with zero attached hydrogens (tertiary/aromatic N) is 3. The van der Waals surface area contributed by atoms with Gasteiger partial charge < -0.3 is 29.9 Å². The van der Waals surface area contributed by atoms with Crippen molar-refractivity contribution in [3.05, 3.63) is 47.6 Å². The first kappa shape index (κ1) is 31.1. The van der Waals surface area contributed by atoms with Gasteiger partial charge in [0.15, 0.2) is 17.7 Å². The molecule has 224 valence electrons. The molecule has 3 aromatic rings. The van der Waals surface area contributed by atoms with Gasteiger partial charge in [0.2, 0.25) is 0 Å². The molecule has 0 bridgehead atoms. The number of halogens is 2. The number of fused-ring (bicyclic) bond motifs is 1. The SMILES string of the molecule is CC(C)OC(=O)C(C)(C)NP(=O)(OCC1OC(n2cc(F)c3c(N)ncnc32)[C@](C)(O)[C@@H]1O)Oc1ccc(Cl)cc1. The van der Waals surface area contributed by atoms with E-state index in [1.54, 1.807) is 13.8 Å². The third-order valence-corrected chi connectivity index (χ3v) is 8.34. The Morgan fingerprint density at radius 2 is 2.00 bits per heavy atom. The van der Waals surface area contributed by atoms with Crippen molar-refractivity contribution >= 4 is 42.2 Å². The maximum atomic E-state index is 14.7. The van der Waals surface area contributed by atoms with E-state index in [1.165, 1.54) is 49.6 Å². The minimum atomic E-state index is -4.40. The Hall–Kier alpha value is -2.84. The van der Waals surface area contributed by atoms with Gasteiger partial charge in [0.1, 0.15) is 41.2 Å². The monoisotopic (exact) mass is 615 g/mol. The molecule has 5 atom stereocenters. The first-order valence-electron chi connectivity index (χ1n) is 12.6. The van der Waals surface area contributed by atoms with Gasteiger partial charge in [-0.3, -0.25) is 13.9 Å². The lowest BCUT2D eigenvalue weighted by atomic mass is 9.96. The van der Waals surface area contributed by atoms with E-state index < -0.39 is 61.8 Å². The quantitative estimate of drug-likeness (QED) is 0.193. The van der Waals surface area contributed by atoms with Crippen LogP contribution in [0.4, 0.5) is 10.2 Å². The number of nitrogen functional groups attached to an aromatic ring is 1. The van der Waals surface area contributed by atoms with Crippen LogP contribution in [-0.2, 0) is 23.4 Å². The largest absolute Gasteiger partial charge is 0.462 e. The number of nitrogens with one attached hydrogen (secondary N) is 1. The number of rotatable bonds is 10. The molecular weight excluding hydrogens is 584 g/mol. The lowest BCUT2D eigenvalue weighted by molar-refractivity contribution is -0.153. The average molecular weight is 616 g/mol. The fourth-order valence-corrected chi connectivity index (χ4v) is 6.06. The zero-order valence-electron chi connectivity index (χ0n) is 22.9. The summed E-state index contributed by atoms with van der Waals surface area (Å²) >= 11 is 5.94. The van der Waals surface area contributed by atoms with Crippen molar-refractivity contribution in [2.24, 2.45) is 0 Å². The van der Waals surface area contributed by atoms with E-state index in [4.69, 9.17) is 35.9 Å². The Kier molecular flexibility index (Phi) is 8.68. The molecule has 3 unspecified atom stereocenters. The lowest BCUT2D eigenvalue weighted by Crippen LogP contribution is -2.48. The second kappa shape index (κ2) is 11.4. The van der Waals surface area contributed by atoms with Crippen LogP contribution in [0.1, 0.15) is 40.8 Å². The number of aliphatic hydroxyl groups excluding tert-OH is 1. The van der Waals surface area contributed by atoms with Crippen LogP contribution in [0, 0.1) is 5.82 Å². The number of esters is 1. The molecule has 1 aliphatic rings. The summed E-state index contributed by atoms with van der Waals surface area (Å²) < 4.78 is 52.3. The highest BCUT2D eigenvalue weighted by molar-refractivity contribution is 7.52. The van der Waals surface area contributed by atoms with Crippen LogP contribution < -0.4 is 15.3 Å². The molecular formula is C25H32ClFN5O8P. The molecule has 0 amide bonds. The van der Waals surface area contributed by atoms with E-state index in [2.05, 4.69) is 15.1 Å². The highest BCUT2D eigenvalue weighted by Gasteiger charge is 2.54. The van der Waals surface area contributed by atoms with E-state index in [-0.39, 0.29) is 22.6 Å². The molecule has 1 aromatic carbocycles. The maximum Gasteiger partial charge on any atom is 0.459 e. The van der Waals surface area contributed by atoms with Crippen molar-refractivity contribution in [1.82, 2.24) is 19.6 Å². The van der Waals surface area contributed by atoms with Crippen LogP contribution in [-0.4, -0.2) is 66.8 Å². The molecule has 0 spiro atoms. The van der Waals surface area contributed by atoms with Crippen molar-refractivity contribution in [2.45, 2.75) is 70.3 Å². The lowest BCUT2D eigenvalue weighted by Gasteiger charge is -2.30. The normalized spacial score (nSPS) is 24.5. The molecule has 1 aliphatic heterocycles.